The van der Waals surface area contributed by atoms with E-state index in [0.29, 0.717) is 12.5 Å². The van der Waals surface area contributed by atoms with Crippen molar-refractivity contribution in [1.29, 1.82) is 0 Å². The first-order valence-corrected chi connectivity index (χ1v) is 11.7. The van der Waals surface area contributed by atoms with Gasteiger partial charge in [0.2, 0.25) is 0 Å². The molecule has 34 heavy (non-hydrogen) atoms. The lowest BCUT2D eigenvalue weighted by atomic mass is 9.81. The monoisotopic (exact) mass is 450 g/mol. The summed E-state index contributed by atoms with van der Waals surface area (Å²) in [5.74, 6) is 0.466. The van der Waals surface area contributed by atoms with Gasteiger partial charge in [-0.05, 0) is 40.7 Å². The van der Waals surface area contributed by atoms with Gasteiger partial charge in [-0.15, -0.1) is 0 Å². The highest BCUT2D eigenvalue weighted by Gasteiger charge is 2.45. The number of rotatable bonds is 7. The predicted molar refractivity (Wildman–Crippen MR) is 143 cm³/mol. The fourth-order valence-electron chi connectivity index (χ4n) is 4.61. The van der Waals surface area contributed by atoms with E-state index >= 15 is 0 Å². The van der Waals surface area contributed by atoms with Crippen molar-refractivity contribution in [3.8, 4) is 0 Å². The Labute approximate surface area is 203 Å². The molecule has 174 valence electrons. The lowest BCUT2D eigenvalue weighted by Crippen LogP contribution is -2.34. The normalized spacial score (nSPS) is 15.2. The molecule has 1 aliphatic heterocycles. The van der Waals surface area contributed by atoms with Gasteiger partial charge in [-0.25, -0.2) is 4.99 Å². The van der Waals surface area contributed by atoms with Gasteiger partial charge in [0, 0.05) is 11.4 Å². The van der Waals surface area contributed by atoms with Crippen molar-refractivity contribution < 1.29 is 0 Å². The Morgan fingerprint density at radius 1 is 0.941 bits per heavy atom. The van der Waals surface area contributed by atoms with Crippen LogP contribution in [0.15, 0.2) is 114 Å². The van der Waals surface area contributed by atoms with E-state index in [1.165, 1.54) is 0 Å². The Morgan fingerprint density at radius 3 is 2.09 bits per heavy atom. The molecular formula is C30H34N4. The van der Waals surface area contributed by atoms with Crippen molar-refractivity contribution in [2.45, 2.75) is 39.3 Å². The molecule has 0 aromatic heterocycles. The van der Waals surface area contributed by atoms with Crippen LogP contribution in [0.4, 0.5) is 5.69 Å². The standard InChI is InChI=1S/C30H34N4/c1-22(20-29(3,4)5)32-27-18-12-13-24(19-27)21-34-23(2)30(33-28(34)31,25-14-8-6-9-15-25)26-16-10-7-11-17-26/h6-19,32H,1-2,20-21H2,3-5H3,(H2,31,33). The molecule has 0 atom stereocenters. The average molecular weight is 451 g/mol. The second-order valence-electron chi connectivity index (χ2n) is 10.1. The fourth-order valence-corrected chi connectivity index (χ4v) is 4.61. The second kappa shape index (κ2) is 9.22. The largest absolute Gasteiger partial charge is 0.369 e. The molecule has 3 aromatic carbocycles. The molecule has 0 radical (unpaired) electrons. The predicted octanol–water partition coefficient (Wildman–Crippen LogP) is 6.64. The summed E-state index contributed by atoms with van der Waals surface area (Å²) in [5.41, 5.74) is 12.0. The summed E-state index contributed by atoms with van der Waals surface area (Å²) < 4.78 is 0. The number of guanidine groups is 1. The van der Waals surface area contributed by atoms with Gasteiger partial charge in [0.15, 0.2) is 11.5 Å². The van der Waals surface area contributed by atoms with Gasteiger partial charge in [0.05, 0.1) is 12.2 Å². The molecule has 4 rings (SSSR count). The molecule has 4 heteroatoms. The molecule has 4 nitrogen and oxygen atoms in total. The van der Waals surface area contributed by atoms with E-state index in [9.17, 15) is 0 Å². The smallest absolute Gasteiger partial charge is 0.197 e. The molecule has 1 heterocycles. The number of allylic oxidation sites excluding steroid dienone is 1. The minimum Gasteiger partial charge on any atom is -0.369 e. The minimum absolute atomic E-state index is 0.179. The number of benzene rings is 3. The molecule has 0 aliphatic carbocycles. The van der Waals surface area contributed by atoms with Crippen LogP contribution >= 0.6 is 0 Å². The van der Waals surface area contributed by atoms with E-state index < -0.39 is 5.54 Å². The highest BCUT2D eigenvalue weighted by Crippen LogP contribution is 2.45. The molecular weight excluding hydrogens is 416 g/mol. The van der Waals surface area contributed by atoms with Gasteiger partial charge in [-0.3, -0.25) is 0 Å². The summed E-state index contributed by atoms with van der Waals surface area (Å²) >= 11 is 0. The maximum Gasteiger partial charge on any atom is 0.197 e. The number of hydrogen-bond donors (Lipinski definition) is 2. The highest BCUT2D eigenvalue weighted by atomic mass is 15.3. The first-order chi connectivity index (χ1) is 16.2. The fraction of sp³-hybridized carbons (Fsp3) is 0.233. The average Bonchev–Trinajstić information content (AvgIpc) is 3.05. The number of aliphatic imine (C=N–C) groups is 1. The minimum atomic E-state index is -0.747. The molecule has 0 saturated carbocycles. The third-order valence-corrected chi connectivity index (χ3v) is 6.02. The Kier molecular flexibility index (Phi) is 6.34. The lowest BCUT2D eigenvalue weighted by Gasteiger charge is -2.31. The molecule has 1 aliphatic rings. The molecule has 0 bridgehead atoms. The van der Waals surface area contributed by atoms with Crippen molar-refractivity contribution in [3.05, 3.63) is 126 Å². The van der Waals surface area contributed by atoms with E-state index in [4.69, 9.17) is 10.7 Å². The van der Waals surface area contributed by atoms with E-state index in [0.717, 1.165) is 40.2 Å². The lowest BCUT2D eigenvalue weighted by molar-refractivity contribution is 0.411. The Bertz CT molecular complexity index is 1160. The molecule has 0 saturated heterocycles. The van der Waals surface area contributed by atoms with Crippen molar-refractivity contribution in [3.63, 3.8) is 0 Å². The van der Waals surface area contributed by atoms with Gasteiger partial charge in [-0.2, -0.15) is 0 Å². The van der Waals surface area contributed by atoms with Gasteiger partial charge in [0.1, 0.15) is 0 Å². The summed E-state index contributed by atoms with van der Waals surface area (Å²) in [6.45, 7) is 15.9. The Morgan fingerprint density at radius 2 is 1.53 bits per heavy atom. The van der Waals surface area contributed by atoms with Gasteiger partial charge in [0.25, 0.3) is 0 Å². The van der Waals surface area contributed by atoms with Crippen molar-refractivity contribution in [1.82, 2.24) is 4.90 Å². The second-order valence-corrected chi connectivity index (χ2v) is 10.1. The maximum absolute atomic E-state index is 6.54. The van der Waals surface area contributed by atoms with Crippen LogP contribution in [0, 0.1) is 5.41 Å². The molecule has 0 spiro atoms. The van der Waals surface area contributed by atoms with Crippen LogP contribution in [-0.4, -0.2) is 10.9 Å². The van der Waals surface area contributed by atoms with Crippen molar-refractivity contribution in [2.75, 3.05) is 5.32 Å². The zero-order valence-electron chi connectivity index (χ0n) is 20.4. The summed E-state index contributed by atoms with van der Waals surface area (Å²) in [7, 11) is 0. The van der Waals surface area contributed by atoms with Crippen LogP contribution in [0.25, 0.3) is 0 Å². The number of nitrogens with zero attached hydrogens (tertiary/aromatic N) is 2. The molecule has 0 unspecified atom stereocenters. The third-order valence-electron chi connectivity index (χ3n) is 6.02. The number of nitrogens with one attached hydrogen (secondary N) is 1. The Balaban J connectivity index is 1.62. The molecule has 3 N–H and O–H groups in total. The van der Waals surface area contributed by atoms with Crippen LogP contribution < -0.4 is 11.1 Å². The maximum atomic E-state index is 6.54. The van der Waals surface area contributed by atoms with Crippen LogP contribution in [0.5, 0.6) is 0 Å². The molecule has 0 amide bonds. The summed E-state index contributed by atoms with van der Waals surface area (Å²) in [5, 5.41) is 3.46. The quantitative estimate of drug-likeness (QED) is 0.424. The van der Waals surface area contributed by atoms with E-state index in [2.05, 4.69) is 87.8 Å². The SMILES string of the molecule is C=C(CC(C)(C)C)Nc1cccc(CN2C(=C)C(c3ccccc3)(c3ccccc3)N=C2N)c1. The molecule has 0 fully saturated rings. The van der Waals surface area contributed by atoms with Gasteiger partial charge < -0.3 is 16.0 Å². The molecule has 3 aromatic rings. The third kappa shape index (κ3) is 4.76. The van der Waals surface area contributed by atoms with Crippen LogP contribution in [0.1, 0.15) is 43.9 Å². The first-order valence-electron chi connectivity index (χ1n) is 11.7. The number of nitrogens with two attached hydrogens (primary N) is 1. The van der Waals surface area contributed by atoms with Crippen molar-refractivity contribution >= 4 is 11.6 Å². The van der Waals surface area contributed by atoms with Gasteiger partial charge >= 0.3 is 0 Å². The van der Waals surface area contributed by atoms with Crippen LogP contribution in [0.2, 0.25) is 0 Å². The highest BCUT2D eigenvalue weighted by molar-refractivity contribution is 5.85. The zero-order valence-corrected chi connectivity index (χ0v) is 20.4. The number of anilines is 1. The van der Waals surface area contributed by atoms with E-state index in [1.54, 1.807) is 0 Å². The van der Waals surface area contributed by atoms with Crippen LogP contribution in [-0.2, 0) is 12.1 Å². The zero-order chi connectivity index (χ0) is 24.3. The van der Waals surface area contributed by atoms with Crippen molar-refractivity contribution in [2.24, 2.45) is 16.1 Å². The van der Waals surface area contributed by atoms with E-state index in [1.807, 2.05) is 41.3 Å². The topological polar surface area (TPSA) is 53.6 Å². The van der Waals surface area contributed by atoms with Gasteiger partial charge in [-0.1, -0.05) is 107 Å². The first kappa shape index (κ1) is 23.4. The number of hydrogen-bond acceptors (Lipinski definition) is 4. The summed E-state index contributed by atoms with van der Waals surface area (Å²) in [6.07, 6.45) is 0.899. The van der Waals surface area contributed by atoms with E-state index in [-0.39, 0.29) is 5.41 Å². The summed E-state index contributed by atoms with van der Waals surface area (Å²) in [4.78, 5) is 7.04. The summed E-state index contributed by atoms with van der Waals surface area (Å²) in [6, 6.07) is 28.8. The van der Waals surface area contributed by atoms with Crippen LogP contribution in [0.3, 0.4) is 0 Å². The Hall–Kier alpha value is -3.79.